The number of carbonyl (C=O) groups is 3. The molecule has 0 spiro atoms. The van der Waals surface area contributed by atoms with Crippen molar-refractivity contribution in [3.8, 4) is 11.8 Å². The number of benzene rings is 1. The number of nitrogens with two attached hydrogens (primary N) is 1. The van der Waals surface area contributed by atoms with Crippen molar-refractivity contribution < 1.29 is 46.9 Å². The SMILES string of the molecule is COC(=O)[C@H](C)N[P@](=O)(OC[C@@]1(C#N)O[C@@H](c2ccc3c(N)ncnn23)[C@H](OC(C)=O)[C@@H]1OC(C)=O)Oc1ccccc1. The Hall–Kier alpha value is -4.55. The van der Waals surface area contributed by atoms with Crippen LogP contribution < -0.4 is 15.3 Å². The van der Waals surface area contributed by atoms with Crippen LogP contribution in [0, 0.1) is 11.3 Å². The molecule has 1 saturated heterocycles. The van der Waals surface area contributed by atoms with E-state index in [1.807, 2.05) is 6.07 Å². The molecular formula is C26H29N6O10P. The second kappa shape index (κ2) is 12.8. The molecule has 0 amide bonds. The van der Waals surface area contributed by atoms with Gasteiger partial charge in [0.2, 0.25) is 5.60 Å². The molecule has 0 saturated carbocycles. The van der Waals surface area contributed by atoms with Crippen molar-refractivity contribution in [1.29, 1.82) is 5.26 Å². The monoisotopic (exact) mass is 616 g/mol. The van der Waals surface area contributed by atoms with Gasteiger partial charge in [-0.05, 0) is 31.2 Å². The Kier molecular flexibility index (Phi) is 9.31. The van der Waals surface area contributed by atoms with Crippen LogP contribution in [0.1, 0.15) is 32.6 Å². The van der Waals surface area contributed by atoms with Gasteiger partial charge in [0, 0.05) is 13.8 Å². The molecule has 17 heteroatoms. The number of hydrogen-bond acceptors (Lipinski definition) is 14. The molecule has 3 aromatic rings. The molecule has 2 aromatic heterocycles. The fraction of sp³-hybridized carbons (Fsp3) is 0.385. The predicted octanol–water partition coefficient (Wildman–Crippen LogP) is 1.86. The van der Waals surface area contributed by atoms with Crippen molar-refractivity contribution in [2.75, 3.05) is 19.5 Å². The fourth-order valence-corrected chi connectivity index (χ4v) is 5.97. The Balaban J connectivity index is 1.75. The number of nitrogens with zero attached hydrogens (tertiary/aromatic N) is 4. The molecule has 4 rings (SSSR count). The molecule has 43 heavy (non-hydrogen) atoms. The number of anilines is 1. The largest absolute Gasteiger partial charge is 0.468 e. The van der Waals surface area contributed by atoms with Crippen LogP contribution >= 0.6 is 7.75 Å². The smallest absolute Gasteiger partial charge is 0.459 e. The number of esters is 3. The number of fused-ring (bicyclic) bond motifs is 1. The molecule has 0 bridgehead atoms. The number of rotatable bonds is 11. The number of nitriles is 1. The summed E-state index contributed by atoms with van der Waals surface area (Å²) in [6.45, 7) is 2.73. The number of aromatic nitrogens is 3. The van der Waals surface area contributed by atoms with E-state index in [1.54, 1.807) is 30.3 Å². The van der Waals surface area contributed by atoms with Crippen molar-refractivity contribution >= 4 is 37.0 Å². The van der Waals surface area contributed by atoms with Crippen LogP contribution in [-0.2, 0) is 42.4 Å². The first-order valence-electron chi connectivity index (χ1n) is 12.8. The molecule has 0 unspecified atom stereocenters. The average Bonchev–Trinajstić information content (AvgIpc) is 3.52. The number of hydrogen-bond donors (Lipinski definition) is 2. The summed E-state index contributed by atoms with van der Waals surface area (Å²) in [6, 6.07) is 11.8. The summed E-state index contributed by atoms with van der Waals surface area (Å²) in [5, 5.41) is 17.1. The molecule has 0 radical (unpaired) electrons. The zero-order valence-electron chi connectivity index (χ0n) is 23.5. The lowest BCUT2D eigenvalue weighted by atomic mass is 9.95. The van der Waals surface area contributed by atoms with E-state index in [0.717, 1.165) is 21.0 Å². The van der Waals surface area contributed by atoms with Gasteiger partial charge in [-0.25, -0.2) is 14.1 Å². The highest BCUT2D eigenvalue weighted by Gasteiger charge is 2.62. The van der Waals surface area contributed by atoms with E-state index in [0.29, 0.717) is 5.52 Å². The fourth-order valence-electron chi connectivity index (χ4n) is 4.45. The second-order valence-electron chi connectivity index (χ2n) is 9.39. The third-order valence-corrected chi connectivity index (χ3v) is 7.93. The quantitative estimate of drug-likeness (QED) is 0.179. The molecule has 3 N–H and O–H groups in total. The van der Waals surface area contributed by atoms with Gasteiger partial charge < -0.3 is 29.2 Å². The summed E-state index contributed by atoms with van der Waals surface area (Å²) in [4.78, 5) is 40.5. The third kappa shape index (κ3) is 6.76. The van der Waals surface area contributed by atoms with Gasteiger partial charge in [-0.3, -0.25) is 18.9 Å². The van der Waals surface area contributed by atoms with Gasteiger partial charge in [0.1, 0.15) is 42.4 Å². The number of ether oxygens (including phenoxy) is 4. The normalized spacial score (nSPS) is 23.5. The topological polar surface area (TPSA) is 216 Å². The third-order valence-electron chi connectivity index (χ3n) is 6.30. The van der Waals surface area contributed by atoms with E-state index in [1.165, 1.54) is 29.9 Å². The maximum Gasteiger partial charge on any atom is 0.459 e. The highest BCUT2D eigenvalue weighted by Crippen LogP contribution is 2.49. The van der Waals surface area contributed by atoms with E-state index in [-0.39, 0.29) is 17.3 Å². The minimum atomic E-state index is -4.48. The predicted molar refractivity (Wildman–Crippen MR) is 146 cm³/mol. The summed E-state index contributed by atoms with van der Waals surface area (Å²) in [5.41, 5.74) is 4.40. The van der Waals surface area contributed by atoms with Gasteiger partial charge in [0.25, 0.3) is 0 Å². The summed E-state index contributed by atoms with van der Waals surface area (Å²) < 4.78 is 48.5. The van der Waals surface area contributed by atoms with Crippen molar-refractivity contribution in [3.63, 3.8) is 0 Å². The van der Waals surface area contributed by atoms with E-state index in [4.69, 9.17) is 33.7 Å². The number of carbonyl (C=O) groups excluding carboxylic acids is 3. The second-order valence-corrected chi connectivity index (χ2v) is 11.1. The molecule has 3 heterocycles. The maximum absolute atomic E-state index is 14.0. The van der Waals surface area contributed by atoms with Crippen molar-refractivity contribution in [3.05, 3.63) is 54.5 Å². The highest BCUT2D eigenvalue weighted by atomic mass is 31.2. The van der Waals surface area contributed by atoms with Crippen LogP contribution in [0.4, 0.5) is 5.82 Å². The molecule has 1 aromatic carbocycles. The van der Waals surface area contributed by atoms with E-state index >= 15 is 0 Å². The van der Waals surface area contributed by atoms with E-state index < -0.39 is 62.2 Å². The first-order chi connectivity index (χ1) is 20.4. The number of para-hydroxylation sites is 1. The molecule has 228 valence electrons. The van der Waals surface area contributed by atoms with E-state index in [9.17, 15) is 24.2 Å². The van der Waals surface area contributed by atoms with Crippen molar-refractivity contribution in [2.24, 2.45) is 0 Å². The molecule has 6 atom stereocenters. The zero-order valence-corrected chi connectivity index (χ0v) is 24.4. The maximum atomic E-state index is 14.0. The number of nitrogen functional groups attached to an aromatic ring is 1. The van der Waals surface area contributed by atoms with Crippen LogP contribution in [0.3, 0.4) is 0 Å². The lowest BCUT2D eigenvalue weighted by molar-refractivity contribution is -0.166. The molecule has 0 aliphatic carbocycles. The summed E-state index contributed by atoms with van der Waals surface area (Å²) >= 11 is 0. The van der Waals surface area contributed by atoms with Crippen LogP contribution in [-0.4, -0.2) is 70.1 Å². The zero-order chi connectivity index (χ0) is 31.4. The van der Waals surface area contributed by atoms with Gasteiger partial charge in [-0.15, -0.1) is 0 Å². The average molecular weight is 617 g/mol. The molecule has 16 nitrogen and oxygen atoms in total. The minimum absolute atomic E-state index is 0.109. The molecule has 1 fully saturated rings. The van der Waals surface area contributed by atoms with Gasteiger partial charge in [0.15, 0.2) is 18.0 Å². The van der Waals surface area contributed by atoms with Crippen LogP contribution in [0.2, 0.25) is 0 Å². The summed E-state index contributed by atoms with van der Waals surface area (Å²) in [7, 11) is -3.34. The minimum Gasteiger partial charge on any atom is -0.468 e. The summed E-state index contributed by atoms with van der Waals surface area (Å²) in [6.07, 6.45) is -3.05. The first kappa shape index (κ1) is 31.4. The Labute approximate surface area is 245 Å². The lowest BCUT2D eigenvalue weighted by Crippen LogP contribution is -2.49. The van der Waals surface area contributed by atoms with E-state index in [2.05, 4.69) is 15.2 Å². The number of nitrogens with one attached hydrogen (secondary N) is 1. The van der Waals surface area contributed by atoms with Gasteiger partial charge in [0.05, 0.1) is 12.8 Å². The van der Waals surface area contributed by atoms with Crippen LogP contribution in [0.15, 0.2) is 48.8 Å². The van der Waals surface area contributed by atoms with Gasteiger partial charge >= 0.3 is 25.7 Å². The molecule has 1 aliphatic heterocycles. The highest BCUT2D eigenvalue weighted by molar-refractivity contribution is 7.52. The van der Waals surface area contributed by atoms with Gasteiger partial charge in [-0.2, -0.15) is 15.4 Å². The van der Waals surface area contributed by atoms with Crippen LogP contribution in [0.5, 0.6) is 5.75 Å². The molecule has 1 aliphatic rings. The molecular weight excluding hydrogens is 587 g/mol. The Morgan fingerprint density at radius 1 is 1.19 bits per heavy atom. The lowest BCUT2D eigenvalue weighted by Gasteiger charge is -2.30. The van der Waals surface area contributed by atoms with Crippen molar-refractivity contribution in [2.45, 2.75) is 50.7 Å². The van der Waals surface area contributed by atoms with Crippen molar-refractivity contribution in [1.82, 2.24) is 19.7 Å². The summed E-state index contributed by atoms with van der Waals surface area (Å²) in [5.74, 6) is -2.13. The number of methoxy groups -OCH3 is 1. The van der Waals surface area contributed by atoms with Crippen LogP contribution in [0.25, 0.3) is 5.52 Å². The standard InChI is InChI=1S/C26H29N6O10P/c1-15(25(35)37-4)31-43(36,42-18-8-6-5-7-9-18)38-13-26(12-27)23(40-17(3)34)22(39-16(2)33)21(41-26)19-10-11-20-24(28)29-14-30-32(19)20/h5-11,14-15,21-23H,13H2,1-4H3,(H,31,36)(H2,28,29,30)/t15-,21-,22-,23-,26+,43-/m0/s1. The Morgan fingerprint density at radius 3 is 2.51 bits per heavy atom. The first-order valence-corrected chi connectivity index (χ1v) is 14.3. The van der Waals surface area contributed by atoms with Gasteiger partial charge in [-0.1, -0.05) is 18.2 Å². The Bertz CT molecular complexity index is 1590. The Morgan fingerprint density at radius 2 is 1.88 bits per heavy atom.